The molecule has 148 valence electrons. The lowest BCUT2D eigenvalue weighted by Crippen LogP contribution is -2.35. The monoisotopic (exact) mass is 383 g/mol. The van der Waals surface area contributed by atoms with Gasteiger partial charge < -0.3 is 9.64 Å². The molecule has 0 bridgehead atoms. The predicted octanol–water partition coefficient (Wildman–Crippen LogP) is 2.87. The summed E-state index contributed by atoms with van der Waals surface area (Å²) in [6.07, 6.45) is 4.38. The van der Waals surface area contributed by atoms with E-state index in [9.17, 15) is 4.79 Å². The molecule has 0 saturated carbocycles. The molecule has 1 atom stereocenters. The molecule has 2 heterocycles. The highest BCUT2D eigenvalue weighted by Gasteiger charge is 2.20. The van der Waals surface area contributed by atoms with Gasteiger partial charge in [-0.05, 0) is 47.9 Å². The van der Waals surface area contributed by atoms with Crippen LogP contribution >= 0.6 is 11.8 Å². The van der Waals surface area contributed by atoms with E-state index in [0.29, 0.717) is 29.3 Å². The second kappa shape index (κ2) is 10.9. The SMILES string of the molecule is CC(C)CCN(CCC(C)C)C(=O)CSc1nnnn1CC1CCCO1. The summed E-state index contributed by atoms with van der Waals surface area (Å²) in [5.41, 5.74) is 0. The highest BCUT2D eigenvalue weighted by Crippen LogP contribution is 2.19. The predicted molar refractivity (Wildman–Crippen MR) is 103 cm³/mol. The Hall–Kier alpha value is -1.15. The molecule has 0 aliphatic carbocycles. The molecule has 2 rings (SSSR count). The van der Waals surface area contributed by atoms with Crippen molar-refractivity contribution in [3.05, 3.63) is 0 Å². The van der Waals surface area contributed by atoms with E-state index < -0.39 is 0 Å². The summed E-state index contributed by atoms with van der Waals surface area (Å²) in [6, 6.07) is 0. The number of nitrogens with zero attached hydrogens (tertiary/aromatic N) is 5. The van der Waals surface area contributed by atoms with E-state index >= 15 is 0 Å². The molecule has 1 unspecified atom stereocenters. The number of aromatic nitrogens is 4. The molecule has 1 saturated heterocycles. The summed E-state index contributed by atoms with van der Waals surface area (Å²) < 4.78 is 7.42. The van der Waals surface area contributed by atoms with Crippen LogP contribution in [0, 0.1) is 11.8 Å². The third-order valence-electron chi connectivity index (χ3n) is 4.53. The molecule has 1 aliphatic heterocycles. The van der Waals surface area contributed by atoms with Crippen molar-refractivity contribution >= 4 is 17.7 Å². The standard InChI is InChI=1S/C18H33N5O2S/c1-14(2)7-9-22(10-8-15(3)4)17(24)13-26-18-19-20-21-23(18)12-16-6-5-11-25-16/h14-16H,5-13H2,1-4H3. The van der Waals surface area contributed by atoms with Crippen LogP contribution < -0.4 is 0 Å². The number of amides is 1. The zero-order valence-electron chi connectivity index (χ0n) is 16.6. The Morgan fingerprint density at radius 1 is 1.27 bits per heavy atom. The van der Waals surface area contributed by atoms with E-state index in [4.69, 9.17) is 4.74 Å². The second-order valence-corrected chi connectivity index (χ2v) is 8.76. The Labute approximate surface area is 161 Å². The van der Waals surface area contributed by atoms with Gasteiger partial charge in [-0.3, -0.25) is 4.79 Å². The van der Waals surface area contributed by atoms with Crippen molar-refractivity contribution in [1.82, 2.24) is 25.1 Å². The fraction of sp³-hybridized carbons (Fsp3) is 0.889. The van der Waals surface area contributed by atoms with Crippen LogP contribution in [-0.4, -0.2) is 62.6 Å². The number of hydrogen-bond acceptors (Lipinski definition) is 6. The molecule has 1 fully saturated rings. The zero-order valence-corrected chi connectivity index (χ0v) is 17.4. The van der Waals surface area contributed by atoms with Crippen LogP contribution in [0.15, 0.2) is 5.16 Å². The summed E-state index contributed by atoms with van der Waals surface area (Å²) in [6.45, 7) is 11.9. The van der Waals surface area contributed by atoms with Gasteiger partial charge in [-0.2, -0.15) is 0 Å². The van der Waals surface area contributed by atoms with Crippen LogP contribution in [0.4, 0.5) is 0 Å². The average Bonchev–Trinajstić information content (AvgIpc) is 3.24. The third kappa shape index (κ3) is 7.23. The summed E-state index contributed by atoms with van der Waals surface area (Å²) in [7, 11) is 0. The molecule has 7 nitrogen and oxygen atoms in total. The normalized spacial score (nSPS) is 17.4. The Balaban J connectivity index is 1.86. The first-order valence-corrected chi connectivity index (χ1v) is 10.7. The van der Waals surface area contributed by atoms with Crippen molar-refractivity contribution in [2.75, 3.05) is 25.4 Å². The van der Waals surface area contributed by atoms with Crippen molar-refractivity contribution in [3.63, 3.8) is 0 Å². The largest absolute Gasteiger partial charge is 0.376 e. The first-order chi connectivity index (χ1) is 12.5. The van der Waals surface area contributed by atoms with Crippen LogP contribution in [0.5, 0.6) is 0 Å². The van der Waals surface area contributed by atoms with Gasteiger partial charge in [0.15, 0.2) is 0 Å². The molecule has 1 aromatic heterocycles. The lowest BCUT2D eigenvalue weighted by atomic mass is 10.1. The average molecular weight is 384 g/mol. The highest BCUT2D eigenvalue weighted by atomic mass is 32.2. The number of carbonyl (C=O) groups is 1. The van der Waals surface area contributed by atoms with Gasteiger partial charge in [0.25, 0.3) is 0 Å². The molecule has 1 amide bonds. The van der Waals surface area contributed by atoms with Crippen molar-refractivity contribution in [3.8, 4) is 0 Å². The third-order valence-corrected chi connectivity index (χ3v) is 5.47. The van der Waals surface area contributed by atoms with Gasteiger partial charge in [-0.25, -0.2) is 4.68 Å². The van der Waals surface area contributed by atoms with Crippen molar-refractivity contribution in [2.45, 2.75) is 71.2 Å². The van der Waals surface area contributed by atoms with Crippen LogP contribution in [0.25, 0.3) is 0 Å². The first kappa shape index (κ1) is 21.2. The van der Waals surface area contributed by atoms with Crippen molar-refractivity contribution in [1.29, 1.82) is 0 Å². The number of tetrazole rings is 1. The fourth-order valence-corrected chi connectivity index (χ4v) is 3.59. The molecule has 0 N–H and O–H groups in total. The molecule has 8 heteroatoms. The number of ether oxygens (including phenoxy) is 1. The number of hydrogen-bond donors (Lipinski definition) is 0. The van der Waals surface area contributed by atoms with E-state index in [-0.39, 0.29) is 12.0 Å². The maximum absolute atomic E-state index is 12.7. The molecule has 0 spiro atoms. The quantitative estimate of drug-likeness (QED) is 0.547. The van der Waals surface area contributed by atoms with Gasteiger partial charge in [0.05, 0.1) is 18.4 Å². The molecule has 0 aromatic carbocycles. The van der Waals surface area contributed by atoms with Gasteiger partial charge in [0.2, 0.25) is 11.1 Å². The highest BCUT2D eigenvalue weighted by molar-refractivity contribution is 7.99. The number of carbonyl (C=O) groups excluding carboxylic acids is 1. The van der Waals surface area contributed by atoms with Crippen LogP contribution in [0.1, 0.15) is 53.4 Å². The van der Waals surface area contributed by atoms with Crippen LogP contribution in [-0.2, 0) is 16.1 Å². The molecular formula is C18H33N5O2S. The van der Waals surface area contributed by atoms with Gasteiger partial charge in [0, 0.05) is 19.7 Å². The van der Waals surface area contributed by atoms with E-state index in [1.165, 1.54) is 11.8 Å². The summed E-state index contributed by atoms with van der Waals surface area (Å²) in [5, 5.41) is 12.6. The summed E-state index contributed by atoms with van der Waals surface area (Å²) >= 11 is 1.42. The van der Waals surface area contributed by atoms with E-state index in [2.05, 4.69) is 43.2 Å². The molecule has 26 heavy (non-hydrogen) atoms. The van der Waals surface area contributed by atoms with E-state index in [1.54, 1.807) is 4.68 Å². The van der Waals surface area contributed by atoms with Gasteiger partial charge in [0.1, 0.15) is 0 Å². The lowest BCUT2D eigenvalue weighted by Gasteiger charge is -2.24. The van der Waals surface area contributed by atoms with Gasteiger partial charge in [-0.15, -0.1) is 5.10 Å². The molecular weight excluding hydrogens is 350 g/mol. The first-order valence-electron chi connectivity index (χ1n) is 9.74. The number of thioether (sulfide) groups is 1. The minimum atomic E-state index is 0.169. The molecule has 1 aromatic rings. The Kier molecular flexibility index (Phi) is 8.84. The molecule has 0 radical (unpaired) electrons. The molecule has 1 aliphatic rings. The fourth-order valence-electron chi connectivity index (χ4n) is 2.80. The summed E-state index contributed by atoms with van der Waals surface area (Å²) in [4.78, 5) is 14.7. The van der Waals surface area contributed by atoms with E-state index in [0.717, 1.165) is 45.4 Å². The summed E-state index contributed by atoms with van der Waals surface area (Å²) in [5.74, 6) is 1.73. The lowest BCUT2D eigenvalue weighted by molar-refractivity contribution is -0.128. The zero-order chi connectivity index (χ0) is 18.9. The van der Waals surface area contributed by atoms with Gasteiger partial charge >= 0.3 is 0 Å². The van der Waals surface area contributed by atoms with Crippen LogP contribution in [0.3, 0.4) is 0 Å². The maximum atomic E-state index is 12.7. The van der Waals surface area contributed by atoms with Gasteiger partial charge in [-0.1, -0.05) is 39.5 Å². The topological polar surface area (TPSA) is 73.1 Å². The smallest absolute Gasteiger partial charge is 0.233 e. The Bertz CT molecular complexity index is 531. The van der Waals surface area contributed by atoms with Crippen molar-refractivity contribution in [2.24, 2.45) is 11.8 Å². The Morgan fingerprint density at radius 3 is 2.54 bits per heavy atom. The minimum Gasteiger partial charge on any atom is -0.376 e. The maximum Gasteiger partial charge on any atom is 0.233 e. The Morgan fingerprint density at radius 2 is 1.96 bits per heavy atom. The van der Waals surface area contributed by atoms with Crippen molar-refractivity contribution < 1.29 is 9.53 Å². The minimum absolute atomic E-state index is 0.169. The number of rotatable bonds is 11. The van der Waals surface area contributed by atoms with Crippen LogP contribution in [0.2, 0.25) is 0 Å². The second-order valence-electron chi connectivity index (χ2n) is 7.81. The van der Waals surface area contributed by atoms with E-state index in [1.807, 2.05) is 4.90 Å².